The van der Waals surface area contributed by atoms with Crippen LogP contribution in [0.2, 0.25) is 0 Å². The summed E-state index contributed by atoms with van der Waals surface area (Å²) in [6.45, 7) is 6.07. The van der Waals surface area contributed by atoms with Crippen LogP contribution in [0.5, 0.6) is 0 Å². The monoisotopic (exact) mass is 566 g/mol. The van der Waals surface area contributed by atoms with E-state index in [0.29, 0.717) is 25.4 Å². The quantitative estimate of drug-likeness (QED) is 0.0667. The van der Waals surface area contributed by atoms with Gasteiger partial charge in [0.1, 0.15) is 6.10 Å². The first-order valence-electron chi connectivity index (χ1n) is 17.5. The standard InChI is InChI=1S/C35H67NO4/c1-5-7-9-11-13-15-19-24-33(40-35(38)27-22-28-36(3)4)25-20-16-17-21-26-34(37)39-30-32-29-31(32)23-18-14-12-10-8-6-2/h31-33H,5-30H2,1-4H3. The lowest BCUT2D eigenvalue weighted by atomic mass is 10.0. The molecule has 0 heterocycles. The maximum absolute atomic E-state index is 12.4. The Balaban J connectivity index is 2.12. The molecule has 0 saturated heterocycles. The molecule has 0 aliphatic heterocycles. The van der Waals surface area contributed by atoms with Gasteiger partial charge in [0.15, 0.2) is 0 Å². The summed E-state index contributed by atoms with van der Waals surface area (Å²) in [5.74, 6) is 1.37. The zero-order chi connectivity index (χ0) is 29.3. The third kappa shape index (κ3) is 22.6. The lowest BCUT2D eigenvalue weighted by Crippen LogP contribution is -2.20. The second kappa shape index (κ2) is 25.6. The van der Waals surface area contributed by atoms with E-state index >= 15 is 0 Å². The van der Waals surface area contributed by atoms with Crippen LogP contribution in [-0.4, -0.2) is 50.2 Å². The lowest BCUT2D eigenvalue weighted by Gasteiger charge is -2.18. The molecule has 5 heteroatoms. The van der Waals surface area contributed by atoms with Crippen LogP contribution in [0.4, 0.5) is 0 Å². The molecule has 1 fully saturated rings. The average Bonchev–Trinajstić information content (AvgIpc) is 3.68. The lowest BCUT2D eigenvalue weighted by molar-refractivity contribution is -0.150. The Morgan fingerprint density at radius 3 is 1.77 bits per heavy atom. The van der Waals surface area contributed by atoms with E-state index in [9.17, 15) is 9.59 Å². The van der Waals surface area contributed by atoms with Gasteiger partial charge in [0.2, 0.25) is 0 Å². The topological polar surface area (TPSA) is 55.8 Å². The van der Waals surface area contributed by atoms with Gasteiger partial charge in [-0.25, -0.2) is 0 Å². The molecule has 40 heavy (non-hydrogen) atoms. The van der Waals surface area contributed by atoms with Gasteiger partial charge in [-0.3, -0.25) is 9.59 Å². The second-order valence-electron chi connectivity index (χ2n) is 12.9. The van der Waals surface area contributed by atoms with E-state index in [1.54, 1.807) is 0 Å². The molecule has 0 amide bonds. The fraction of sp³-hybridized carbons (Fsp3) is 0.943. The normalized spacial score (nSPS) is 17.2. The van der Waals surface area contributed by atoms with Gasteiger partial charge in [0.05, 0.1) is 6.61 Å². The number of ether oxygens (including phenoxy) is 2. The summed E-state index contributed by atoms with van der Waals surface area (Å²) in [7, 11) is 4.07. The van der Waals surface area contributed by atoms with Gasteiger partial charge >= 0.3 is 11.9 Å². The van der Waals surface area contributed by atoms with Gasteiger partial charge in [-0.2, -0.15) is 0 Å². The number of rotatable bonds is 29. The highest BCUT2D eigenvalue weighted by atomic mass is 16.5. The fourth-order valence-electron chi connectivity index (χ4n) is 5.70. The fourth-order valence-corrected chi connectivity index (χ4v) is 5.70. The molecule has 236 valence electrons. The van der Waals surface area contributed by atoms with Crippen LogP contribution in [0.3, 0.4) is 0 Å². The third-order valence-corrected chi connectivity index (χ3v) is 8.53. The second-order valence-corrected chi connectivity index (χ2v) is 12.9. The minimum absolute atomic E-state index is 0.0197. The van der Waals surface area contributed by atoms with Crippen LogP contribution in [-0.2, 0) is 19.1 Å². The van der Waals surface area contributed by atoms with Crippen LogP contribution in [0.15, 0.2) is 0 Å². The van der Waals surface area contributed by atoms with Gasteiger partial charge in [-0.05, 0) is 77.4 Å². The Labute approximate surface area is 248 Å². The summed E-state index contributed by atoms with van der Waals surface area (Å²) >= 11 is 0. The van der Waals surface area contributed by atoms with Crippen LogP contribution in [0.1, 0.15) is 168 Å². The summed E-state index contributed by atoms with van der Waals surface area (Å²) in [5, 5.41) is 0. The van der Waals surface area contributed by atoms with Crippen LogP contribution < -0.4 is 0 Å². The summed E-state index contributed by atoms with van der Waals surface area (Å²) in [6, 6.07) is 0. The summed E-state index contributed by atoms with van der Waals surface area (Å²) < 4.78 is 11.5. The minimum atomic E-state index is -0.0394. The Morgan fingerprint density at radius 1 is 0.650 bits per heavy atom. The SMILES string of the molecule is CCCCCCCCCC(CCCCCCC(=O)OCC1CC1CCCCCCCC)OC(=O)CCCN(C)C. The van der Waals surface area contributed by atoms with E-state index in [1.807, 2.05) is 14.1 Å². The molecule has 0 aromatic heterocycles. The molecule has 0 radical (unpaired) electrons. The highest BCUT2D eigenvalue weighted by Gasteiger charge is 2.37. The molecule has 1 saturated carbocycles. The Kier molecular flexibility index (Phi) is 23.6. The van der Waals surface area contributed by atoms with E-state index in [1.165, 1.54) is 89.9 Å². The molecule has 0 aromatic rings. The van der Waals surface area contributed by atoms with E-state index in [0.717, 1.165) is 63.8 Å². The van der Waals surface area contributed by atoms with Gasteiger partial charge < -0.3 is 14.4 Å². The van der Waals surface area contributed by atoms with E-state index < -0.39 is 0 Å². The van der Waals surface area contributed by atoms with Crippen molar-refractivity contribution in [3.63, 3.8) is 0 Å². The van der Waals surface area contributed by atoms with Crippen molar-refractivity contribution in [2.75, 3.05) is 27.2 Å². The van der Waals surface area contributed by atoms with Crippen molar-refractivity contribution in [1.29, 1.82) is 0 Å². The van der Waals surface area contributed by atoms with Crippen molar-refractivity contribution in [1.82, 2.24) is 4.90 Å². The molecule has 3 atom stereocenters. The number of hydrogen-bond donors (Lipinski definition) is 0. The summed E-state index contributed by atoms with van der Waals surface area (Å²) in [5.41, 5.74) is 0. The van der Waals surface area contributed by atoms with Gasteiger partial charge in [0.25, 0.3) is 0 Å². The Hall–Kier alpha value is -1.10. The zero-order valence-electron chi connectivity index (χ0n) is 27.2. The largest absolute Gasteiger partial charge is 0.465 e. The molecule has 0 N–H and O–H groups in total. The number of hydrogen-bond acceptors (Lipinski definition) is 5. The van der Waals surface area contributed by atoms with Crippen molar-refractivity contribution >= 4 is 11.9 Å². The van der Waals surface area contributed by atoms with Crippen molar-refractivity contribution < 1.29 is 19.1 Å². The predicted octanol–water partition coefficient (Wildman–Crippen LogP) is 9.65. The van der Waals surface area contributed by atoms with Crippen molar-refractivity contribution in [3.8, 4) is 0 Å². The maximum Gasteiger partial charge on any atom is 0.306 e. The van der Waals surface area contributed by atoms with Crippen LogP contribution in [0.25, 0.3) is 0 Å². The van der Waals surface area contributed by atoms with Crippen LogP contribution in [0, 0.1) is 11.8 Å². The number of carbonyl (C=O) groups is 2. The molecule has 1 aliphatic rings. The van der Waals surface area contributed by atoms with E-state index in [4.69, 9.17) is 9.47 Å². The Morgan fingerprint density at radius 2 is 1.18 bits per heavy atom. The highest BCUT2D eigenvalue weighted by molar-refractivity contribution is 5.69. The van der Waals surface area contributed by atoms with E-state index in [2.05, 4.69) is 18.7 Å². The first kappa shape index (κ1) is 36.9. The first-order valence-corrected chi connectivity index (χ1v) is 17.5. The Bertz CT molecular complexity index is 608. The summed E-state index contributed by atoms with van der Waals surface area (Å²) in [6.07, 6.45) is 27.7. The van der Waals surface area contributed by atoms with Crippen molar-refractivity contribution in [2.45, 2.75) is 174 Å². The minimum Gasteiger partial charge on any atom is -0.465 e. The predicted molar refractivity (Wildman–Crippen MR) is 169 cm³/mol. The number of esters is 2. The highest BCUT2D eigenvalue weighted by Crippen LogP contribution is 2.42. The summed E-state index contributed by atoms with van der Waals surface area (Å²) in [4.78, 5) is 26.7. The molecule has 0 bridgehead atoms. The number of carbonyl (C=O) groups excluding carboxylic acids is 2. The molecule has 3 unspecified atom stereocenters. The smallest absolute Gasteiger partial charge is 0.306 e. The molecule has 0 aromatic carbocycles. The average molecular weight is 566 g/mol. The first-order chi connectivity index (χ1) is 19.5. The molecule has 1 rings (SSSR count). The van der Waals surface area contributed by atoms with Crippen LogP contribution >= 0.6 is 0 Å². The third-order valence-electron chi connectivity index (χ3n) is 8.53. The van der Waals surface area contributed by atoms with Gasteiger partial charge in [0, 0.05) is 12.8 Å². The molecule has 5 nitrogen and oxygen atoms in total. The van der Waals surface area contributed by atoms with E-state index in [-0.39, 0.29) is 18.0 Å². The number of nitrogens with zero attached hydrogens (tertiary/aromatic N) is 1. The molecular weight excluding hydrogens is 498 g/mol. The molecule has 1 aliphatic carbocycles. The maximum atomic E-state index is 12.4. The van der Waals surface area contributed by atoms with Gasteiger partial charge in [-0.1, -0.05) is 110 Å². The molecular formula is C35H67NO4. The zero-order valence-corrected chi connectivity index (χ0v) is 27.2. The van der Waals surface area contributed by atoms with Crippen molar-refractivity contribution in [2.24, 2.45) is 11.8 Å². The van der Waals surface area contributed by atoms with Crippen molar-refractivity contribution in [3.05, 3.63) is 0 Å². The number of unbranched alkanes of at least 4 members (excludes halogenated alkanes) is 14. The molecule has 0 spiro atoms. The van der Waals surface area contributed by atoms with Gasteiger partial charge in [-0.15, -0.1) is 0 Å².